The van der Waals surface area contributed by atoms with E-state index in [1.807, 2.05) is 18.7 Å². The van der Waals surface area contributed by atoms with Gasteiger partial charge in [-0.25, -0.2) is 4.98 Å². The van der Waals surface area contributed by atoms with Crippen molar-refractivity contribution in [3.05, 3.63) is 18.7 Å². The number of methoxy groups -OCH3 is 1. The molecule has 0 radical (unpaired) electrons. The number of aromatic nitrogens is 2. The van der Waals surface area contributed by atoms with Gasteiger partial charge >= 0.3 is 0 Å². The molecule has 0 amide bonds. The van der Waals surface area contributed by atoms with Crippen molar-refractivity contribution in [2.24, 2.45) is 0 Å². The quantitative estimate of drug-likeness (QED) is 0.718. The van der Waals surface area contributed by atoms with Crippen LogP contribution in [0.4, 0.5) is 0 Å². The van der Waals surface area contributed by atoms with E-state index in [9.17, 15) is 0 Å². The molecule has 1 aromatic rings. The standard InChI is InChI=1S/C12H20N2O2/c1-15-8-9-16-12-5-3-2-4-11(12)14-7-6-13-10-14/h6-7,10-12H,2-5,8-9H2,1H3/t11?,12-/m1/s1. The van der Waals surface area contributed by atoms with E-state index in [1.54, 1.807) is 7.11 Å². The smallest absolute Gasteiger partial charge is 0.0949 e. The first-order valence-corrected chi connectivity index (χ1v) is 6.00. The minimum atomic E-state index is 0.318. The Morgan fingerprint density at radius 1 is 1.31 bits per heavy atom. The zero-order valence-electron chi connectivity index (χ0n) is 9.84. The number of imidazole rings is 1. The number of rotatable bonds is 5. The summed E-state index contributed by atoms with van der Waals surface area (Å²) in [5.74, 6) is 0. The Hall–Kier alpha value is -0.870. The van der Waals surface area contributed by atoms with Gasteiger partial charge < -0.3 is 14.0 Å². The monoisotopic (exact) mass is 224 g/mol. The summed E-state index contributed by atoms with van der Waals surface area (Å²) in [5.41, 5.74) is 0. The molecule has 1 fully saturated rings. The first-order chi connectivity index (χ1) is 7.92. The Kier molecular flexibility index (Phi) is 4.36. The minimum absolute atomic E-state index is 0.318. The maximum atomic E-state index is 5.89. The van der Waals surface area contributed by atoms with Crippen molar-refractivity contribution in [1.82, 2.24) is 9.55 Å². The number of nitrogens with zero attached hydrogens (tertiary/aromatic N) is 2. The minimum Gasteiger partial charge on any atom is -0.382 e. The van der Waals surface area contributed by atoms with E-state index >= 15 is 0 Å². The maximum absolute atomic E-state index is 5.89. The normalized spacial score (nSPS) is 25.8. The van der Waals surface area contributed by atoms with Crippen LogP contribution in [-0.4, -0.2) is 36.0 Å². The Labute approximate surface area is 96.6 Å². The van der Waals surface area contributed by atoms with Crippen molar-refractivity contribution in [3.63, 3.8) is 0 Å². The van der Waals surface area contributed by atoms with Crippen LogP contribution >= 0.6 is 0 Å². The second-order valence-electron chi connectivity index (χ2n) is 4.26. The van der Waals surface area contributed by atoms with Crippen molar-refractivity contribution in [1.29, 1.82) is 0 Å². The molecule has 90 valence electrons. The highest BCUT2D eigenvalue weighted by Gasteiger charge is 2.26. The average Bonchev–Trinajstić information content (AvgIpc) is 2.83. The largest absolute Gasteiger partial charge is 0.382 e. The van der Waals surface area contributed by atoms with Crippen LogP contribution in [0.5, 0.6) is 0 Å². The SMILES string of the molecule is COCCO[C@@H]1CCCCC1n1ccnc1. The van der Waals surface area contributed by atoms with Gasteiger partial charge in [-0.2, -0.15) is 0 Å². The van der Waals surface area contributed by atoms with Gasteiger partial charge in [0.25, 0.3) is 0 Å². The lowest BCUT2D eigenvalue weighted by Crippen LogP contribution is -2.30. The summed E-state index contributed by atoms with van der Waals surface area (Å²) >= 11 is 0. The molecule has 1 aliphatic rings. The zero-order chi connectivity index (χ0) is 11.2. The van der Waals surface area contributed by atoms with Crippen molar-refractivity contribution >= 4 is 0 Å². The molecule has 1 saturated carbocycles. The molecule has 0 aliphatic heterocycles. The van der Waals surface area contributed by atoms with Crippen LogP contribution in [0.2, 0.25) is 0 Å². The summed E-state index contributed by atoms with van der Waals surface area (Å²) in [5, 5.41) is 0. The fraction of sp³-hybridized carbons (Fsp3) is 0.750. The highest BCUT2D eigenvalue weighted by atomic mass is 16.5. The van der Waals surface area contributed by atoms with Crippen LogP contribution in [-0.2, 0) is 9.47 Å². The molecule has 1 aromatic heterocycles. The van der Waals surface area contributed by atoms with Gasteiger partial charge in [-0.15, -0.1) is 0 Å². The molecule has 2 rings (SSSR count). The number of hydrogen-bond donors (Lipinski definition) is 0. The Morgan fingerprint density at radius 3 is 2.94 bits per heavy atom. The molecular weight excluding hydrogens is 204 g/mol. The summed E-state index contributed by atoms with van der Waals surface area (Å²) in [6, 6.07) is 0.452. The van der Waals surface area contributed by atoms with Gasteiger partial charge in [0.15, 0.2) is 0 Å². The van der Waals surface area contributed by atoms with Gasteiger partial charge in [-0.3, -0.25) is 0 Å². The van der Waals surface area contributed by atoms with Gasteiger partial charge in [-0.05, 0) is 12.8 Å². The van der Waals surface area contributed by atoms with Gasteiger partial charge in [0, 0.05) is 19.5 Å². The average molecular weight is 224 g/mol. The molecule has 4 nitrogen and oxygen atoms in total. The molecule has 1 unspecified atom stereocenters. The predicted octanol–water partition coefficient (Wildman–Crippen LogP) is 2.03. The van der Waals surface area contributed by atoms with E-state index in [-0.39, 0.29) is 0 Å². The summed E-state index contributed by atoms with van der Waals surface area (Å²) in [6.07, 6.45) is 11.0. The summed E-state index contributed by atoms with van der Waals surface area (Å²) in [7, 11) is 1.71. The third-order valence-electron chi connectivity index (χ3n) is 3.19. The first-order valence-electron chi connectivity index (χ1n) is 6.00. The molecule has 0 spiro atoms. The van der Waals surface area contributed by atoms with E-state index in [0.29, 0.717) is 25.4 Å². The fourth-order valence-corrected chi connectivity index (χ4v) is 2.36. The number of hydrogen-bond acceptors (Lipinski definition) is 3. The molecule has 16 heavy (non-hydrogen) atoms. The van der Waals surface area contributed by atoms with Crippen LogP contribution in [0.25, 0.3) is 0 Å². The van der Waals surface area contributed by atoms with E-state index < -0.39 is 0 Å². The highest BCUT2D eigenvalue weighted by Crippen LogP contribution is 2.30. The second-order valence-corrected chi connectivity index (χ2v) is 4.26. The lowest BCUT2D eigenvalue weighted by Gasteiger charge is -2.32. The molecule has 4 heteroatoms. The predicted molar refractivity (Wildman–Crippen MR) is 61.3 cm³/mol. The van der Waals surface area contributed by atoms with Crippen LogP contribution in [0, 0.1) is 0 Å². The highest BCUT2D eigenvalue weighted by molar-refractivity contribution is 4.87. The van der Waals surface area contributed by atoms with E-state index in [1.165, 1.54) is 19.3 Å². The Morgan fingerprint density at radius 2 is 2.19 bits per heavy atom. The maximum Gasteiger partial charge on any atom is 0.0949 e. The van der Waals surface area contributed by atoms with E-state index in [0.717, 1.165) is 6.42 Å². The molecule has 2 atom stereocenters. The molecule has 1 heterocycles. The third kappa shape index (κ3) is 2.83. The van der Waals surface area contributed by atoms with E-state index in [2.05, 4.69) is 9.55 Å². The van der Waals surface area contributed by atoms with Crippen LogP contribution in [0.1, 0.15) is 31.7 Å². The van der Waals surface area contributed by atoms with E-state index in [4.69, 9.17) is 9.47 Å². The van der Waals surface area contributed by atoms with Gasteiger partial charge in [0.1, 0.15) is 0 Å². The van der Waals surface area contributed by atoms with Crippen molar-refractivity contribution in [2.75, 3.05) is 20.3 Å². The molecule has 0 bridgehead atoms. The van der Waals surface area contributed by atoms with Gasteiger partial charge in [0.05, 0.1) is 31.7 Å². The molecule has 0 N–H and O–H groups in total. The fourth-order valence-electron chi connectivity index (χ4n) is 2.36. The molecule has 0 saturated heterocycles. The van der Waals surface area contributed by atoms with Crippen LogP contribution < -0.4 is 0 Å². The summed E-state index contributed by atoms with van der Waals surface area (Å²) in [4.78, 5) is 4.11. The van der Waals surface area contributed by atoms with Crippen LogP contribution in [0.15, 0.2) is 18.7 Å². The summed E-state index contributed by atoms with van der Waals surface area (Å²) < 4.78 is 13.1. The van der Waals surface area contributed by atoms with Gasteiger partial charge in [0.2, 0.25) is 0 Å². The topological polar surface area (TPSA) is 36.3 Å². The number of ether oxygens (including phenoxy) is 2. The van der Waals surface area contributed by atoms with Gasteiger partial charge in [-0.1, -0.05) is 12.8 Å². The van der Waals surface area contributed by atoms with Crippen LogP contribution in [0.3, 0.4) is 0 Å². The Bertz CT molecular complexity index is 287. The van der Waals surface area contributed by atoms with Crippen molar-refractivity contribution < 1.29 is 9.47 Å². The second kappa shape index (κ2) is 6.01. The van der Waals surface area contributed by atoms with Crippen molar-refractivity contribution in [2.45, 2.75) is 37.8 Å². The zero-order valence-corrected chi connectivity index (χ0v) is 9.84. The van der Waals surface area contributed by atoms with Crippen molar-refractivity contribution in [3.8, 4) is 0 Å². The first kappa shape index (κ1) is 11.6. The lowest BCUT2D eigenvalue weighted by atomic mass is 9.92. The lowest BCUT2D eigenvalue weighted by molar-refractivity contribution is -0.0268. The molecule has 1 aliphatic carbocycles. The molecule has 0 aromatic carbocycles. The summed E-state index contributed by atoms with van der Waals surface area (Å²) in [6.45, 7) is 1.36. The Balaban J connectivity index is 1.92. The third-order valence-corrected chi connectivity index (χ3v) is 3.19. The molecular formula is C12H20N2O2.